The highest BCUT2D eigenvalue weighted by Gasteiger charge is 2.26. The van der Waals surface area contributed by atoms with Crippen molar-refractivity contribution in [2.45, 2.75) is 29.5 Å². The summed E-state index contributed by atoms with van der Waals surface area (Å²) in [6.07, 6.45) is 2.19. The summed E-state index contributed by atoms with van der Waals surface area (Å²) >= 11 is 1.78. The molecule has 1 atom stereocenters. The fraction of sp³-hybridized carbons (Fsp3) is 0.231. The standard InChI is InChI=1S/C26H25N3OS/c30-24(28-17-9-10-18-28)19-29-23-16-8-7-15-22(23)27-26(29)25(20-11-3-1-4-12-20)31-21-13-5-2-6-14-21/h1-8,11-16,25H,9-10,17-19H2. The average Bonchev–Trinajstić information content (AvgIpc) is 3.48. The largest absolute Gasteiger partial charge is 0.341 e. The van der Waals surface area contributed by atoms with Gasteiger partial charge in [0.2, 0.25) is 5.91 Å². The number of hydrogen-bond donors (Lipinski definition) is 0. The Morgan fingerprint density at radius 3 is 2.26 bits per heavy atom. The third-order valence-corrected chi connectivity index (χ3v) is 7.03. The lowest BCUT2D eigenvalue weighted by Crippen LogP contribution is -2.31. The van der Waals surface area contributed by atoms with Crippen LogP contribution in [-0.4, -0.2) is 33.4 Å². The molecule has 3 aromatic carbocycles. The number of hydrogen-bond acceptors (Lipinski definition) is 3. The maximum absolute atomic E-state index is 13.1. The molecule has 1 aliphatic heterocycles. The van der Waals surface area contributed by atoms with Gasteiger partial charge >= 0.3 is 0 Å². The predicted octanol–water partition coefficient (Wildman–Crippen LogP) is 5.54. The van der Waals surface area contributed by atoms with Gasteiger partial charge in [-0.2, -0.15) is 0 Å². The summed E-state index contributed by atoms with van der Waals surface area (Å²) in [5.41, 5.74) is 3.13. The zero-order chi connectivity index (χ0) is 21.0. The first-order valence-corrected chi connectivity index (χ1v) is 11.7. The van der Waals surface area contributed by atoms with E-state index in [4.69, 9.17) is 4.98 Å². The van der Waals surface area contributed by atoms with Crippen LogP contribution in [0.3, 0.4) is 0 Å². The smallest absolute Gasteiger partial charge is 0.242 e. The number of thioether (sulfide) groups is 1. The minimum atomic E-state index is -0.0117. The normalized spacial score (nSPS) is 14.8. The molecule has 0 aliphatic carbocycles. The lowest BCUT2D eigenvalue weighted by molar-refractivity contribution is -0.130. The van der Waals surface area contributed by atoms with Gasteiger partial charge in [-0.05, 0) is 42.7 Å². The Hall–Kier alpha value is -3.05. The van der Waals surface area contributed by atoms with Crippen LogP contribution in [0, 0.1) is 0 Å². The van der Waals surface area contributed by atoms with Gasteiger partial charge in [0.05, 0.1) is 16.3 Å². The number of benzene rings is 3. The van der Waals surface area contributed by atoms with Crippen LogP contribution in [0.2, 0.25) is 0 Å². The first-order valence-electron chi connectivity index (χ1n) is 10.8. The first-order chi connectivity index (χ1) is 15.3. The lowest BCUT2D eigenvalue weighted by atomic mass is 10.1. The molecule has 1 amide bonds. The zero-order valence-electron chi connectivity index (χ0n) is 17.4. The molecule has 0 N–H and O–H groups in total. The second-order valence-corrected chi connectivity index (χ2v) is 9.03. The van der Waals surface area contributed by atoms with Gasteiger partial charge in [0.15, 0.2) is 0 Å². The summed E-state index contributed by atoms with van der Waals surface area (Å²) in [6, 6.07) is 29.0. The van der Waals surface area contributed by atoms with Crippen molar-refractivity contribution in [1.29, 1.82) is 0 Å². The van der Waals surface area contributed by atoms with Crippen LogP contribution >= 0.6 is 11.8 Å². The van der Waals surface area contributed by atoms with Gasteiger partial charge in [-0.25, -0.2) is 4.98 Å². The van der Waals surface area contributed by atoms with E-state index in [1.807, 2.05) is 35.2 Å². The number of nitrogens with zero attached hydrogens (tertiary/aromatic N) is 3. The third-order valence-electron chi connectivity index (χ3n) is 5.77. The van der Waals surface area contributed by atoms with Crippen LogP contribution < -0.4 is 0 Å². The molecule has 1 saturated heterocycles. The summed E-state index contributed by atoms with van der Waals surface area (Å²) < 4.78 is 2.13. The molecule has 156 valence electrons. The van der Waals surface area contributed by atoms with E-state index >= 15 is 0 Å². The van der Waals surface area contributed by atoms with Crippen molar-refractivity contribution >= 4 is 28.7 Å². The minimum absolute atomic E-state index is 0.0117. The number of amides is 1. The summed E-state index contributed by atoms with van der Waals surface area (Å²) in [5.74, 6) is 1.10. The van der Waals surface area contributed by atoms with Crippen molar-refractivity contribution in [2.75, 3.05) is 13.1 Å². The van der Waals surface area contributed by atoms with Gasteiger partial charge in [-0.1, -0.05) is 60.7 Å². The minimum Gasteiger partial charge on any atom is -0.341 e. The van der Waals surface area contributed by atoms with Gasteiger partial charge in [-0.15, -0.1) is 11.8 Å². The fourth-order valence-electron chi connectivity index (χ4n) is 4.20. The van der Waals surface area contributed by atoms with Crippen LogP contribution in [-0.2, 0) is 11.3 Å². The van der Waals surface area contributed by atoms with Crippen molar-refractivity contribution in [3.63, 3.8) is 0 Å². The number of rotatable bonds is 6. The molecule has 1 unspecified atom stereocenters. The summed E-state index contributed by atoms with van der Waals surface area (Å²) in [7, 11) is 0. The monoisotopic (exact) mass is 427 g/mol. The molecule has 0 bridgehead atoms. The molecule has 4 nitrogen and oxygen atoms in total. The number of likely N-dealkylation sites (tertiary alicyclic amines) is 1. The lowest BCUT2D eigenvalue weighted by Gasteiger charge is -2.21. The third kappa shape index (κ3) is 4.23. The molecular weight excluding hydrogens is 402 g/mol. The van der Waals surface area contributed by atoms with E-state index in [-0.39, 0.29) is 11.2 Å². The molecule has 0 radical (unpaired) electrons. The quantitative estimate of drug-likeness (QED) is 0.379. The van der Waals surface area contributed by atoms with Crippen LogP contribution in [0.4, 0.5) is 0 Å². The van der Waals surface area contributed by atoms with Gasteiger partial charge in [0.1, 0.15) is 12.4 Å². The summed E-state index contributed by atoms with van der Waals surface area (Å²) in [4.78, 5) is 21.3. The van der Waals surface area contributed by atoms with E-state index in [0.717, 1.165) is 42.8 Å². The number of imidazole rings is 1. The van der Waals surface area contributed by atoms with Crippen LogP contribution in [0.1, 0.15) is 29.5 Å². The van der Waals surface area contributed by atoms with Crippen molar-refractivity contribution in [1.82, 2.24) is 14.5 Å². The molecule has 1 aliphatic rings. The van der Waals surface area contributed by atoms with Gasteiger partial charge < -0.3 is 9.47 Å². The Morgan fingerprint density at radius 1 is 0.871 bits per heavy atom. The van der Waals surface area contributed by atoms with Gasteiger partial charge in [0, 0.05) is 18.0 Å². The Morgan fingerprint density at radius 2 is 1.52 bits per heavy atom. The van der Waals surface area contributed by atoms with Gasteiger partial charge in [-0.3, -0.25) is 4.79 Å². The Balaban J connectivity index is 1.60. The van der Waals surface area contributed by atoms with Crippen LogP contribution in [0.25, 0.3) is 11.0 Å². The van der Waals surface area contributed by atoms with Crippen molar-refractivity contribution in [3.8, 4) is 0 Å². The zero-order valence-corrected chi connectivity index (χ0v) is 18.2. The second kappa shape index (κ2) is 8.98. The predicted molar refractivity (Wildman–Crippen MR) is 126 cm³/mol. The highest BCUT2D eigenvalue weighted by molar-refractivity contribution is 7.99. The second-order valence-electron chi connectivity index (χ2n) is 7.85. The van der Waals surface area contributed by atoms with E-state index in [9.17, 15) is 4.79 Å². The maximum Gasteiger partial charge on any atom is 0.242 e. The van der Waals surface area contributed by atoms with E-state index in [0.29, 0.717) is 6.54 Å². The first kappa shape index (κ1) is 19.9. The van der Waals surface area contributed by atoms with Crippen molar-refractivity contribution < 1.29 is 4.79 Å². The molecule has 5 heteroatoms. The molecule has 2 heterocycles. The number of fused-ring (bicyclic) bond motifs is 1. The topological polar surface area (TPSA) is 38.1 Å². The molecule has 5 rings (SSSR count). The van der Waals surface area contributed by atoms with Crippen LogP contribution in [0.5, 0.6) is 0 Å². The fourth-order valence-corrected chi connectivity index (χ4v) is 5.36. The summed E-state index contributed by atoms with van der Waals surface area (Å²) in [5, 5.41) is -0.0117. The highest BCUT2D eigenvalue weighted by Crippen LogP contribution is 2.41. The Kier molecular flexibility index (Phi) is 5.76. The van der Waals surface area contributed by atoms with E-state index in [1.165, 1.54) is 10.5 Å². The number of para-hydroxylation sites is 2. The van der Waals surface area contributed by atoms with E-state index in [2.05, 4.69) is 59.2 Å². The molecule has 31 heavy (non-hydrogen) atoms. The molecule has 4 aromatic rings. The van der Waals surface area contributed by atoms with Crippen molar-refractivity contribution in [2.24, 2.45) is 0 Å². The number of carbonyl (C=O) groups excluding carboxylic acids is 1. The molecule has 1 aromatic heterocycles. The number of aromatic nitrogens is 2. The van der Waals surface area contributed by atoms with E-state index in [1.54, 1.807) is 11.8 Å². The Bertz CT molecular complexity index is 1170. The molecule has 1 fully saturated rings. The highest BCUT2D eigenvalue weighted by atomic mass is 32.2. The van der Waals surface area contributed by atoms with Crippen LogP contribution in [0.15, 0.2) is 89.8 Å². The van der Waals surface area contributed by atoms with Gasteiger partial charge in [0.25, 0.3) is 0 Å². The molecule has 0 saturated carbocycles. The van der Waals surface area contributed by atoms with E-state index < -0.39 is 0 Å². The average molecular weight is 428 g/mol. The molecule has 0 spiro atoms. The summed E-state index contributed by atoms with van der Waals surface area (Å²) in [6.45, 7) is 2.05. The maximum atomic E-state index is 13.1. The molecular formula is C26H25N3OS. The number of carbonyl (C=O) groups is 1. The SMILES string of the molecule is O=C(Cn1c(C(Sc2ccccc2)c2ccccc2)nc2ccccc21)N1CCCC1. The Labute approximate surface area is 186 Å². The van der Waals surface area contributed by atoms with Crippen molar-refractivity contribution in [3.05, 3.63) is 96.3 Å².